The number of alkyl halides is 4. The summed E-state index contributed by atoms with van der Waals surface area (Å²) in [6, 6.07) is 0. The third-order valence-electron chi connectivity index (χ3n) is 0.805. The van der Waals surface area contributed by atoms with E-state index < -0.39 is 22.0 Å². The largest absolute Gasteiger partial charge is 0.309 e. The molecule has 7 heteroatoms. The number of nitrogens with one attached hydrogen (secondary N) is 1. The zero-order chi connectivity index (χ0) is 7.07. The molecule has 1 aliphatic rings. The smallest absolute Gasteiger partial charge is 0.216 e. The number of hydrogen-bond donors (Lipinski definition) is 1. The van der Waals surface area contributed by atoms with Gasteiger partial charge in [-0.2, -0.15) is 17.6 Å². The first-order chi connectivity index (χ1) is 4.09. The second kappa shape index (κ2) is 1.99. The Bertz CT molecular complexity index is 105. The van der Waals surface area contributed by atoms with Crippen molar-refractivity contribution in [3.05, 3.63) is 0 Å². The molecule has 0 saturated carbocycles. The topological polar surface area (TPSA) is 34.5 Å². The molecule has 0 aromatic heterocycles. The molecule has 1 heterocycles. The van der Waals surface area contributed by atoms with E-state index in [-0.39, 0.29) is 0 Å². The van der Waals surface area contributed by atoms with Gasteiger partial charge in [0.25, 0.3) is 0 Å². The zero-order valence-corrected chi connectivity index (χ0v) is 4.80. The molecule has 56 valence electrons. The third-order valence-corrected chi connectivity index (χ3v) is 2.42. The molecule has 2 nitrogen and oxygen atoms in total. The van der Waals surface area contributed by atoms with Crippen LogP contribution in [-0.4, -0.2) is 11.5 Å². The normalized spacial score (nSPS) is 26.9. The molecule has 9 heavy (non-hydrogen) atoms. The first-order valence-corrected chi connectivity index (χ1v) is 3.60. The molecule has 0 spiro atoms. The lowest BCUT2D eigenvalue weighted by molar-refractivity contribution is 0.203. The van der Waals surface area contributed by atoms with Crippen molar-refractivity contribution in [3.63, 3.8) is 0 Å². The van der Waals surface area contributed by atoms with Crippen molar-refractivity contribution < 1.29 is 21.8 Å². The molecule has 0 unspecified atom stereocenters. The Balaban J connectivity index is 2.52. The standard InChI is InChI=1S/C2H3F4NOS/c3-1(4)9(2(5)6)7-8-9/h1-2,7H. The van der Waals surface area contributed by atoms with Crippen LogP contribution in [0.2, 0.25) is 0 Å². The van der Waals surface area contributed by atoms with E-state index in [1.54, 1.807) is 0 Å². The Kier molecular flexibility index (Phi) is 1.57. The van der Waals surface area contributed by atoms with Crippen molar-refractivity contribution in [2.45, 2.75) is 11.5 Å². The fourth-order valence-electron chi connectivity index (χ4n) is 0.263. The molecule has 0 aliphatic carbocycles. The second-order valence-corrected chi connectivity index (χ2v) is 3.68. The molecule has 0 amide bonds. The molecular formula is C2H3F4NOS. The van der Waals surface area contributed by atoms with Crippen molar-refractivity contribution >= 4 is 10.5 Å². The van der Waals surface area contributed by atoms with Gasteiger partial charge in [0, 0.05) is 0 Å². The van der Waals surface area contributed by atoms with E-state index in [1.807, 2.05) is 0 Å². The zero-order valence-electron chi connectivity index (χ0n) is 3.98. The van der Waals surface area contributed by atoms with Crippen molar-refractivity contribution in [1.29, 1.82) is 0 Å². The molecule has 1 N–H and O–H groups in total. The molecule has 1 rings (SSSR count). The van der Waals surface area contributed by atoms with Gasteiger partial charge in [-0.25, -0.2) is 4.28 Å². The van der Waals surface area contributed by atoms with E-state index in [0.29, 0.717) is 0 Å². The minimum Gasteiger partial charge on any atom is -0.216 e. The van der Waals surface area contributed by atoms with E-state index in [1.165, 1.54) is 4.89 Å². The first-order valence-electron chi connectivity index (χ1n) is 1.92. The molecule has 0 atom stereocenters. The van der Waals surface area contributed by atoms with Gasteiger partial charge >= 0.3 is 11.5 Å². The Hall–Kier alpha value is -0.0100. The summed E-state index contributed by atoms with van der Waals surface area (Å²) in [5, 5.41) is 0. The average Bonchev–Trinajstić information content (AvgIpc) is 2.40. The van der Waals surface area contributed by atoms with Crippen LogP contribution >= 0.6 is 10.5 Å². The van der Waals surface area contributed by atoms with Gasteiger partial charge in [-0.3, -0.25) is 0 Å². The number of rotatable bonds is 2. The Labute approximate surface area is 49.8 Å². The van der Waals surface area contributed by atoms with E-state index in [0.717, 1.165) is 0 Å². The maximum Gasteiger partial charge on any atom is 0.309 e. The average molecular weight is 165 g/mol. The fraction of sp³-hybridized carbons (Fsp3) is 1.00. The maximum atomic E-state index is 11.5. The maximum absolute atomic E-state index is 11.5. The summed E-state index contributed by atoms with van der Waals surface area (Å²) >= 11 is 0. The van der Waals surface area contributed by atoms with Crippen molar-refractivity contribution in [2.24, 2.45) is 0 Å². The third kappa shape index (κ3) is 0.993. The van der Waals surface area contributed by atoms with Crippen LogP contribution in [0.1, 0.15) is 0 Å². The second-order valence-electron chi connectivity index (χ2n) is 1.34. The summed E-state index contributed by atoms with van der Waals surface area (Å²) in [4.78, 5) is 1.53. The SMILES string of the molecule is FC(F)S1(C(F)F)NO1. The highest BCUT2D eigenvalue weighted by molar-refractivity contribution is 8.32. The minimum atomic E-state index is -3.48. The van der Waals surface area contributed by atoms with Gasteiger partial charge in [0.2, 0.25) is 0 Å². The predicted molar refractivity (Wildman–Crippen MR) is 23.8 cm³/mol. The van der Waals surface area contributed by atoms with Crippen LogP contribution in [-0.2, 0) is 4.28 Å². The lowest BCUT2D eigenvalue weighted by atomic mass is 11.6. The van der Waals surface area contributed by atoms with E-state index in [4.69, 9.17) is 0 Å². The number of hydrogen-bond acceptors (Lipinski definition) is 2. The highest BCUT2D eigenvalue weighted by Gasteiger charge is 2.56. The lowest BCUT2D eigenvalue weighted by Crippen LogP contribution is -2.06. The van der Waals surface area contributed by atoms with Crippen molar-refractivity contribution in [1.82, 2.24) is 4.89 Å². The molecule has 0 aromatic rings. The molecule has 1 saturated heterocycles. The fourth-order valence-corrected chi connectivity index (χ4v) is 1.02. The van der Waals surface area contributed by atoms with Gasteiger partial charge in [0.1, 0.15) is 0 Å². The van der Waals surface area contributed by atoms with Crippen molar-refractivity contribution in [2.75, 3.05) is 0 Å². The lowest BCUT2D eigenvalue weighted by Gasteiger charge is -2.09. The Morgan fingerprint density at radius 3 is 1.44 bits per heavy atom. The first kappa shape index (κ1) is 7.10. The van der Waals surface area contributed by atoms with Crippen LogP contribution in [0.25, 0.3) is 0 Å². The molecule has 0 bridgehead atoms. The van der Waals surface area contributed by atoms with E-state index in [9.17, 15) is 17.6 Å². The molecule has 1 fully saturated rings. The predicted octanol–water partition coefficient (Wildman–Crippen LogP) is 1.60. The quantitative estimate of drug-likeness (QED) is 0.498. The highest BCUT2D eigenvalue weighted by Crippen LogP contribution is 2.66. The van der Waals surface area contributed by atoms with Crippen LogP contribution in [0.5, 0.6) is 0 Å². The molecule has 0 aromatic carbocycles. The van der Waals surface area contributed by atoms with Crippen LogP contribution < -0.4 is 4.89 Å². The van der Waals surface area contributed by atoms with Gasteiger partial charge in [-0.1, -0.05) is 0 Å². The van der Waals surface area contributed by atoms with Gasteiger partial charge < -0.3 is 0 Å². The van der Waals surface area contributed by atoms with Gasteiger partial charge in [0.05, 0.1) is 10.5 Å². The van der Waals surface area contributed by atoms with Gasteiger partial charge in [0.15, 0.2) is 0 Å². The summed E-state index contributed by atoms with van der Waals surface area (Å²) in [7, 11) is -3.48. The van der Waals surface area contributed by atoms with Crippen LogP contribution in [0.4, 0.5) is 17.6 Å². The molecule has 1 aliphatic heterocycles. The van der Waals surface area contributed by atoms with E-state index in [2.05, 4.69) is 4.28 Å². The van der Waals surface area contributed by atoms with Gasteiger partial charge in [-0.15, -0.1) is 4.89 Å². The van der Waals surface area contributed by atoms with Crippen molar-refractivity contribution in [3.8, 4) is 0 Å². The van der Waals surface area contributed by atoms with Crippen LogP contribution in [0.15, 0.2) is 0 Å². The van der Waals surface area contributed by atoms with E-state index >= 15 is 0 Å². The van der Waals surface area contributed by atoms with Gasteiger partial charge in [-0.05, 0) is 0 Å². The summed E-state index contributed by atoms with van der Waals surface area (Å²) in [6.07, 6.45) is 0. The summed E-state index contributed by atoms with van der Waals surface area (Å²) in [6.45, 7) is 0. The molecular weight excluding hydrogens is 162 g/mol. The highest BCUT2D eigenvalue weighted by atomic mass is 32.3. The molecule has 0 radical (unpaired) electrons. The Morgan fingerprint density at radius 1 is 1.11 bits per heavy atom. The van der Waals surface area contributed by atoms with Crippen LogP contribution in [0.3, 0.4) is 0 Å². The van der Waals surface area contributed by atoms with Crippen LogP contribution in [0, 0.1) is 0 Å². The Morgan fingerprint density at radius 2 is 1.44 bits per heavy atom. The number of halogens is 4. The summed E-state index contributed by atoms with van der Waals surface area (Å²) in [5.74, 6) is -6.20. The summed E-state index contributed by atoms with van der Waals surface area (Å²) in [5.41, 5.74) is 0. The minimum absolute atomic E-state index is 1.53. The summed E-state index contributed by atoms with van der Waals surface area (Å²) < 4.78 is 49.7. The monoisotopic (exact) mass is 165 g/mol.